The molecule has 0 atom stereocenters. The Kier molecular flexibility index (Phi) is 4.31. The Bertz CT molecular complexity index is 637. The van der Waals surface area contributed by atoms with Crippen molar-refractivity contribution >= 4 is 15.9 Å². The van der Waals surface area contributed by atoms with Crippen LogP contribution in [-0.2, 0) is 13.2 Å². The zero-order valence-electron chi connectivity index (χ0n) is 11.8. The number of furan rings is 1. The Morgan fingerprint density at radius 1 is 1.38 bits per heavy atom. The summed E-state index contributed by atoms with van der Waals surface area (Å²) in [7, 11) is 0. The van der Waals surface area contributed by atoms with Gasteiger partial charge in [0.2, 0.25) is 0 Å². The van der Waals surface area contributed by atoms with Crippen LogP contribution in [0.25, 0.3) is 0 Å². The fourth-order valence-electron chi connectivity index (χ4n) is 2.10. The highest BCUT2D eigenvalue weighted by Crippen LogP contribution is 2.25. The molecule has 0 aliphatic heterocycles. The molecule has 1 aliphatic rings. The van der Waals surface area contributed by atoms with E-state index in [0.29, 0.717) is 11.8 Å². The molecule has 0 amide bonds. The number of rotatable bonds is 6. The van der Waals surface area contributed by atoms with Crippen molar-refractivity contribution in [3.8, 4) is 5.75 Å². The molecule has 0 unspecified atom stereocenters. The molecule has 1 aromatic carbocycles. The summed E-state index contributed by atoms with van der Waals surface area (Å²) in [5.74, 6) is 1.47. The molecule has 1 saturated carbocycles. The SMILES string of the molecule is Cc1cc(COc2cc(Br)ccc2F)oc1CNC1CC1. The van der Waals surface area contributed by atoms with E-state index in [1.54, 1.807) is 12.1 Å². The van der Waals surface area contributed by atoms with Crippen molar-refractivity contribution in [2.24, 2.45) is 0 Å². The van der Waals surface area contributed by atoms with Crippen LogP contribution in [-0.4, -0.2) is 6.04 Å². The highest BCUT2D eigenvalue weighted by Gasteiger charge is 2.21. The van der Waals surface area contributed by atoms with Crippen molar-refractivity contribution in [3.05, 3.63) is 51.6 Å². The second kappa shape index (κ2) is 6.20. The molecule has 0 spiro atoms. The Morgan fingerprint density at radius 3 is 2.95 bits per heavy atom. The topological polar surface area (TPSA) is 34.4 Å². The van der Waals surface area contributed by atoms with Gasteiger partial charge in [0.25, 0.3) is 0 Å². The molecule has 0 bridgehead atoms. The highest BCUT2D eigenvalue weighted by molar-refractivity contribution is 9.10. The zero-order chi connectivity index (χ0) is 14.8. The largest absolute Gasteiger partial charge is 0.483 e. The second-order valence-corrected chi connectivity index (χ2v) is 6.25. The normalized spacial score (nSPS) is 14.4. The van der Waals surface area contributed by atoms with E-state index < -0.39 is 0 Å². The summed E-state index contributed by atoms with van der Waals surface area (Å²) in [6.07, 6.45) is 2.50. The quantitative estimate of drug-likeness (QED) is 0.839. The molecule has 0 saturated heterocycles. The molecule has 0 radical (unpaired) electrons. The third-order valence-corrected chi connectivity index (χ3v) is 3.96. The number of benzene rings is 1. The third-order valence-electron chi connectivity index (χ3n) is 3.46. The lowest BCUT2D eigenvalue weighted by molar-refractivity contribution is 0.254. The molecule has 21 heavy (non-hydrogen) atoms. The van der Waals surface area contributed by atoms with E-state index in [-0.39, 0.29) is 18.2 Å². The maximum absolute atomic E-state index is 13.6. The van der Waals surface area contributed by atoms with Gasteiger partial charge in [0.05, 0.1) is 6.54 Å². The molecular formula is C16H17BrFNO2. The zero-order valence-corrected chi connectivity index (χ0v) is 13.4. The first-order valence-electron chi connectivity index (χ1n) is 7.01. The van der Waals surface area contributed by atoms with Gasteiger partial charge in [-0.05, 0) is 49.6 Å². The van der Waals surface area contributed by atoms with Crippen molar-refractivity contribution in [1.82, 2.24) is 5.32 Å². The molecule has 1 fully saturated rings. The Labute approximate surface area is 131 Å². The number of nitrogens with one attached hydrogen (secondary N) is 1. The standard InChI is InChI=1S/C16H17BrFNO2/c1-10-6-13(21-16(10)8-19-12-3-4-12)9-20-15-7-11(17)2-5-14(15)18/h2,5-7,12,19H,3-4,8-9H2,1H3. The molecule has 112 valence electrons. The van der Waals surface area contributed by atoms with Crippen LogP contribution in [0.2, 0.25) is 0 Å². The Hall–Kier alpha value is -1.33. The van der Waals surface area contributed by atoms with Gasteiger partial charge in [-0.1, -0.05) is 15.9 Å². The average Bonchev–Trinajstić information content (AvgIpc) is 3.21. The first kappa shape index (κ1) is 14.6. The minimum Gasteiger partial charge on any atom is -0.483 e. The van der Waals surface area contributed by atoms with Gasteiger partial charge in [0, 0.05) is 10.5 Å². The average molecular weight is 354 g/mol. The van der Waals surface area contributed by atoms with Crippen LogP contribution in [0.5, 0.6) is 5.75 Å². The summed E-state index contributed by atoms with van der Waals surface area (Å²) in [6, 6.07) is 7.21. The van der Waals surface area contributed by atoms with Crippen molar-refractivity contribution in [2.45, 2.75) is 39.0 Å². The second-order valence-electron chi connectivity index (χ2n) is 5.34. The van der Waals surface area contributed by atoms with Crippen molar-refractivity contribution in [1.29, 1.82) is 0 Å². The fourth-order valence-corrected chi connectivity index (χ4v) is 2.44. The Morgan fingerprint density at radius 2 is 2.19 bits per heavy atom. The molecule has 3 rings (SSSR count). The molecule has 1 N–H and O–H groups in total. The van der Waals surface area contributed by atoms with Crippen molar-refractivity contribution in [3.63, 3.8) is 0 Å². The minimum atomic E-state index is -0.378. The predicted octanol–water partition coefficient (Wildman–Crippen LogP) is 4.32. The van der Waals surface area contributed by atoms with Crippen LogP contribution in [0.3, 0.4) is 0 Å². The maximum atomic E-state index is 13.6. The lowest BCUT2D eigenvalue weighted by Crippen LogP contribution is -2.15. The molecule has 1 heterocycles. The molecule has 1 aliphatic carbocycles. The van der Waals surface area contributed by atoms with Crippen LogP contribution >= 0.6 is 15.9 Å². The van der Waals surface area contributed by atoms with E-state index >= 15 is 0 Å². The summed E-state index contributed by atoms with van der Waals surface area (Å²) in [4.78, 5) is 0. The molecule has 3 nitrogen and oxygen atoms in total. The summed E-state index contributed by atoms with van der Waals surface area (Å²) in [5, 5.41) is 3.42. The summed E-state index contributed by atoms with van der Waals surface area (Å²) < 4.78 is 25.6. The molecule has 5 heteroatoms. The van der Waals surface area contributed by atoms with Gasteiger partial charge in [0.15, 0.2) is 11.6 Å². The van der Waals surface area contributed by atoms with Crippen LogP contribution in [0, 0.1) is 12.7 Å². The van der Waals surface area contributed by atoms with Gasteiger partial charge in [-0.2, -0.15) is 0 Å². The van der Waals surface area contributed by atoms with Crippen molar-refractivity contribution < 1.29 is 13.5 Å². The predicted molar refractivity (Wildman–Crippen MR) is 81.7 cm³/mol. The minimum absolute atomic E-state index is 0.219. The van der Waals surface area contributed by atoms with E-state index in [1.165, 1.54) is 18.9 Å². The smallest absolute Gasteiger partial charge is 0.165 e. The number of ether oxygens (including phenoxy) is 1. The van der Waals surface area contributed by atoms with E-state index in [9.17, 15) is 4.39 Å². The van der Waals surface area contributed by atoms with Crippen molar-refractivity contribution in [2.75, 3.05) is 0 Å². The fraction of sp³-hybridized carbons (Fsp3) is 0.375. The number of aryl methyl sites for hydroxylation is 1. The lowest BCUT2D eigenvalue weighted by atomic mass is 10.2. The number of hydrogen-bond donors (Lipinski definition) is 1. The van der Waals surface area contributed by atoms with Crippen LogP contribution in [0.4, 0.5) is 4.39 Å². The lowest BCUT2D eigenvalue weighted by Gasteiger charge is -2.06. The van der Waals surface area contributed by atoms with Gasteiger partial charge < -0.3 is 14.5 Å². The first-order chi connectivity index (χ1) is 10.1. The van der Waals surface area contributed by atoms with E-state index in [1.807, 2.05) is 13.0 Å². The number of halogens is 2. The van der Waals surface area contributed by atoms with Crippen LogP contribution < -0.4 is 10.1 Å². The van der Waals surface area contributed by atoms with E-state index in [0.717, 1.165) is 22.3 Å². The molecule has 1 aromatic heterocycles. The third kappa shape index (κ3) is 3.86. The summed E-state index contributed by atoms with van der Waals surface area (Å²) >= 11 is 3.30. The van der Waals surface area contributed by atoms with Gasteiger partial charge in [0.1, 0.15) is 18.1 Å². The number of hydrogen-bond acceptors (Lipinski definition) is 3. The van der Waals surface area contributed by atoms with Gasteiger partial charge in [-0.3, -0.25) is 0 Å². The highest BCUT2D eigenvalue weighted by atomic mass is 79.9. The first-order valence-corrected chi connectivity index (χ1v) is 7.80. The molecule has 2 aromatic rings. The van der Waals surface area contributed by atoms with Crippen LogP contribution in [0.1, 0.15) is 29.9 Å². The van der Waals surface area contributed by atoms with Gasteiger partial charge in [-0.15, -0.1) is 0 Å². The Balaban J connectivity index is 1.61. The van der Waals surface area contributed by atoms with Crippen LogP contribution in [0.15, 0.2) is 33.2 Å². The molecular weight excluding hydrogens is 337 g/mol. The summed E-state index contributed by atoms with van der Waals surface area (Å²) in [6.45, 7) is 2.97. The van der Waals surface area contributed by atoms with E-state index in [4.69, 9.17) is 9.15 Å². The monoisotopic (exact) mass is 353 g/mol. The maximum Gasteiger partial charge on any atom is 0.165 e. The van der Waals surface area contributed by atoms with Gasteiger partial charge >= 0.3 is 0 Å². The van der Waals surface area contributed by atoms with Gasteiger partial charge in [-0.25, -0.2) is 4.39 Å². The van der Waals surface area contributed by atoms with E-state index in [2.05, 4.69) is 21.2 Å². The summed E-state index contributed by atoms with van der Waals surface area (Å²) in [5.41, 5.74) is 1.09.